The van der Waals surface area contributed by atoms with Gasteiger partial charge in [-0.2, -0.15) is 0 Å². The highest BCUT2D eigenvalue weighted by atomic mass is 79.9. The quantitative estimate of drug-likeness (QED) is 0.808. The highest BCUT2D eigenvalue weighted by molar-refractivity contribution is 9.10. The molecular formula is C14H14BrFN2O2S. The molecule has 2 aromatic rings. The second kappa shape index (κ2) is 5.65. The lowest BCUT2D eigenvalue weighted by Gasteiger charge is -2.11. The molecule has 0 spiro atoms. The summed E-state index contributed by atoms with van der Waals surface area (Å²) >= 11 is 3.28. The molecule has 7 heteroatoms. The molecule has 0 radical (unpaired) electrons. The number of aryl methyl sites for hydroxylation is 2. The molecule has 0 aliphatic rings. The van der Waals surface area contributed by atoms with Crippen molar-refractivity contribution in [2.75, 3.05) is 10.5 Å². The van der Waals surface area contributed by atoms with Crippen molar-refractivity contribution < 1.29 is 12.8 Å². The number of nitrogens with one attached hydrogen (secondary N) is 1. The largest absolute Gasteiger partial charge is 0.398 e. The fraction of sp³-hybridized carbons (Fsp3) is 0.143. The van der Waals surface area contributed by atoms with Crippen molar-refractivity contribution in [3.8, 4) is 0 Å². The average Bonchev–Trinajstić information content (AvgIpc) is 2.31. The summed E-state index contributed by atoms with van der Waals surface area (Å²) in [6, 6.07) is 7.31. The fourth-order valence-electron chi connectivity index (χ4n) is 1.88. The van der Waals surface area contributed by atoms with E-state index in [9.17, 15) is 12.8 Å². The van der Waals surface area contributed by atoms with Crippen LogP contribution < -0.4 is 10.5 Å². The lowest BCUT2D eigenvalue weighted by atomic mass is 10.2. The van der Waals surface area contributed by atoms with Gasteiger partial charge in [-0.05, 0) is 55.3 Å². The third kappa shape index (κ3) is 3.54. The van der Waals surface area contributed by atoms with Crippen LogP contribution in [0, 0.1) is 19.7 Å². The monoisotopic (exact) mass is 372 g/mol. The van der Waals surface area contributed by atoms with Gasteiger partial charge in [-0.25, -0.2) is 12.8 Å². The highest BCUT2D eigenvalue weighted by Gasteiger charge is 2.20. The number of sulfonamides is 1. The van der Waals surface area contributed by atoms with Crippen LogP contribution in [-0.2, 0) is 10.0 Å². The van der Waals surface area contributed by atoms with Crippen LogP contribution in [0.4, 0.5) is 15.8 Å². The number of benzene rings is 2. The molecular weight excluding hydrogens is 359 g/mol. The standard InChI is InChI=1S/C14H14BrFN2O2S/c1-8-3-10(15)6-11(4-8)18-21(19,20)14-7-13(17)9(2)5-12(14)16/h3-7,18H,17H2,1-2H3. The Bertz CT molecular complexity index is 787. The van der Waals surface area contributed by atoms with E-state index in [2.05, 4.69) is 20.7 Å². The van der Waals surface area contributed by atoms with Gasteiger partial charge >= 0.3 is 0 Å². The molecule has 21 heavy (non-hydrogen) atoms. The lowest BCUT2D eigenvalue weighted by molar-refractivity contribution is 0.570. The Labute approximate surface area is 131 Å². The van der Waals surface area contributed by atoms with Gasteiger partial charge < -0.3 is 5.73 Å². The molecule has 0 bridgehead atoms. The van der Waals surface area contributed by atoms with Crippen LogP contribution in [0.2, 0.25) is 0 Å². The maximum atomic E-state index is 13.9. The van der Waals surface area contributed by atoms with E-state index in [1.54, 1.807) is 19.1 Å². The van der Waals surface area contributed by atoms with Gasteiger partial charge in [-0.15, -0.1) is 0 Å². The second-order valence-corrected chi connectivity index (χ2v) is 7.33. The van der Waals surface area contributed by atoms with Gasteiger partial charge in [0.15, 0.2) is 0 Å². The SMILES string of the molecule is Cc1cc(Br)cc(NS(=O)(=O)c2cc(N)c(C)cc2F)c1. The van der Waals surface area contributed by atoms with Gasteiger partial charge in [0, 0.05) is 10.2 Å². The minimum Gasteiger partial charge on any atom is -0.398 e. The molecule has 2 aromatic carbocycles. The van der Waals surface area contributed by atoms with Gasteiger partial charge in [-0.3, -0.25) is 4.72 Å². The number of hydrogen-bond acceptors (Lipinski definition) is 3. The molecule has 112 valence electrons. The number of halogens is 2. The van der Waals surface area contributed by atoms with E-state index in [4.69, 9.17) is 5.73 Å². The van der Waals surface area contributed by atoms with Crippen LogP contribution in [0.3, 0.4) is 0 Å². The van der Waals surface area contributed by atoms with Crippen LogP contribution in [0.5, 0.6) is 0 Å². The lowest BCUT2D eigenvalue weighted by Crippen LogP contribution is -2.15. The number of nitrogen functional groups attached to an aromatic ring is 1. The summed E-state index contributed by atoms with van der Waals surface area (Å²) in [5.74, 6) is -0.832. The van der Waals surface area contributed by atoms with Crippen molar-refractivity contribution in [1.29, 1.82) is 0 Å². The molecule has 3 N–H and O–H groups in total. The summed E-state index contributed by atoms with van der Waals surface area (Å²) in [6.45, 7) is 3.44. The molecule has 0 unspecified atom stereocenters. The molecule has 0 aliphatic carbocycles. The average molecular weight is 373 g/mol. The van der Waals surface area contributed by atoms with Gasteiger partial charge in [0.1, 0.15) is 10.7 Å². The van der Waals surface area contributed by atoms with E-state index in [1.165, 1.54) is 0 Å². The van der Waals surface area contributed by atoms with Gasteiger partial charge in [0.25, 0.3) is 10.0 Å². The number of anilines is 2. The fourth-order valence-corrected chi connectivity index (χ4v) is 3.62. The number of hydrogen-bond donors (Lipinski definition) is 2. The third-order valence-corrected chi connectivity index (χ3v) is 4.76. The Morgan fingerprint density at radius 1 is 1.14 bits per heavy atom. The van der Waals surface area contributed by atoms with Crippen molar-refractivity contribution in [2.24, 2.45) is 0 Å². The van der Waals surface area contributed by atoms with E-state index >= 15 is 0 Å². The van der Waals surface area contributed by atoms with Crippen LogP contribution in [0.1, 0.15) is 11.1 Å². The number of nitrogens with two attached hydrogens (primary N) is 1. The second-order valence-electron chi connectivity index (χ2n) is 4.76. The summed E-state index contributed by atoms with van der Waals surface area (Å²) < 4.78 is 41.6. The Balaban J connectivity index is 2.45. The van der Waals surface area contributed by atoms with Crippen molar-refractivity contribution in [1.82, 2.24) is 0 Å². The van der Waals surface area contributed by atoms with Crippen molar-refractivity contribution in [3.63, 3.8) is 0 Å². The zero-order valence-electron chi connectivity index (χ0n) is 11.4. The molecule has 0 aliphatic heterocycles. The summed E-state index contributed by atoms with van der Waals surface area (Å²) in [7, 11) is -4.04. The van der Waals surface area contributed by atoms with Crippen LogP contribution in [0.15, 0.2) is 39.7 Å². The van der Waals surface area contributed by atoms with E-state index in [0.29, 0.717) is 11.3 Å². The Hall–Kier alpha value is -1.60. The summed E-state index contributed by atoms with van der Waals surface area (Å²) in [4.78, 5) is -0.469. The van der Waals surface area contributed by atoms with Crippen molar-refractivity contribution in [2.45, 2.75) is 18.7 Å². The molecule has 0 saturated heterocycles. The summed E-state index contributed by atoms with van der Waals surface area (Å²) in [5, 5.41) is 0. The first kappa shape index (κ1) is 15.8. The zero-order chi connectivity index (χ0) is 15.8. The normalized spacial score (nSPS) is 11.4. The molecule has 0 aromatic heterocycles. The zero-order valence-corrected chi connectivity index (χ0v) is 13.8. The van der Waals surface area contributed by atoms with E-state index in [0.717, 1.165) is 22.2 Å². The van der Waals surface area contributed by atoms with E-state index in [1.807, 2.05) is 13.0 Å². The van der Waals surface area contributed by atoms with Crippen LogP contribution in [0.25, 0.3) is 0 Å². The van der Waals surface area contributed by atoms with Crippen LogP contribution >= 0.6 is 15.9 Å². The van der Waals surface area contributed by atoms with Crippen LogP contribution in [-0.4, -0.2) is 8.42 Å². The molecule has 0 heterocycles. The topological polar surface area (TPSA) is 72.2 Å². The maximum absolute atomic E-state index is 13.9. The summed E-state index contributed by atoms with van der Waals surface area (Å²) in [6.07, 6.45) is 0. The Morgan fingerprint density at radius 2 is 1.81 bits per heavy atom. The molecule has 4 nitrogen and oxygen atoms in total. The predicted octanol–water partition coefficient (Wildman–Crippen LogP) is 3.59. The Morgan fingerprint density at radius 3 is 2.43 bits per heavy atom. The van der Waals surface area contributed by atoms with Gasteiger partial charge in [0.05, 0.1) is 5.69 Å². The molecule has 0 atom stereocenters. The Kier molecular flexibility index (Phi) is 4.25. The molecule has 0 fully saturated rings. The highest BCUT2D eigenvalue weighted by Crippen LogP contribution is 2.25. The molecule has 2 rings (SSSR count). The molecule has 0 amide bonds. The minimum atomic E-state index is -4.04. The van der Waals surface area contributed by atoms with Crippen molar-refractivity contribution in [3.05, 3.63) is 51.7 Å². The first-order valence-corrected chi connectivity index (χ1v) is 8.32. The smallest absolute Gasteiger partial charge is 0.264 e. The van der Waals surface area contributed by atoms with Gasteiger partial charge in [-0.1, -0.05) is 15.9 Å². The first-order chi connectivity index (χ1) is 9.69. The maximum Gasteiger partial charge on any atom is 0.264 e. The minimum absolute atomic E-state index is 0.224. The van der Waals surface area contributed by atoms with E-state index < -0.39 is 20.7 Å². The molecule has 0 saturated carbocycles. The summed E-state index contributed by atoms with van der Waals surface area (Å²) in [5.41, 5.74) is 7.59. The number of rotatable bonds is 3. The third-order valence-electron chi connectivity index (χ3n) is 2.90. The first-order valence-electron chi connectivity index (χ1n) is 6.04. The van der Waals surface area contributed by atoms with Crippen molar-refractivity contribution >= 4 is 37.3 Å². The van der Waals surface area contributed by atoms with Gasteiger partial charge in [0.2, 0.25) is 0 Å². The van der Waals surface area contributed by atoms with E-state index in [-0.39, 0.29) is 5.69 Å². The predicted molar refractivity (Wildman–Crippen MR) is 85.2 cm³/mol.